The highest BCUT2D eigenvalue weighted by Crippen LogP contribution is 2.40. The Bertz CT molecular complexity index is 1430. The molecule has 1 unspecified atom stereocenters. The minimum Gasteiger partial charge on any atom is -0.480 e. The summed E-state index contributed by atoms with van der Waals surface area (Å²) in [6, 6.07) is 28.3. The number of nitrogens with zero attached hydrogens (tertiary/aromatic N) is 2. The number of fused-ring (bicyclic) bond motifs is 1. The Hall–Kier alpha value is -3.45. The third-order valence-electron chi connectivity index (χ3n) is 9.44. The highest BCUT2D eigenvalue weighted by Gasteiger charge is 2.42. The van der Waals surface area contributed by atoms with Gasteiger partial charge in [-0.2, -0.15) is 0 Å². The molecular formula is C35H41N3O3. The van der Waals surface area contributed by atoms with Gasteiger partial charge in [0.1, 0.15) is 6.04 Å². The number of carboxylic acids is 1. The van der Waals surface area contributed by atoms with Crippen LogP contribution >= 0.6 is 0 Å². The van der Waals surface area contributed by atoms with E-state index >= 15 is 0 Å². The van der Waals surface area contributed by atoms with Crippen LogP contribution in [0.25, 0.3) is 10.9 Å². The fraction of sp³-hybridized carbons (Fsp3) is 0.400. The molecule has 4 aromatic rings. The van der Waals surface area contributed by atoms with Crippen molar-refractivity contribution in [3.8, 4) is 0 Å². The van der Waals surface area contributed by atoms with Gasteiger partial charge < -0.3 is 20.1 Å². The van der Waals surface area contributed by atoms with Crippen molar-refractivity contribution in [2.24, 2.45) is 5.92 Å². The Kier molecular flexibility index (Phi) is 8.24. The van der Waals surface area contributed by atoms with E-state index in [-0.39, 0.29) is 5.92 Å². The van der Waals surface area contributed by atoms with Gasteiger partial charge >= 0.3 is 5.97 Å². The molecule has 2 aliphatic rings. The first-order valence-corrected chi connectivity index (χ1v) is 15.1. The van der Waals surface area contributed by atoms with E-state index in [1.54, 1.807) is 0 Å². The zero-order valence-electron chi connectivity index (χ0n) is 23.7. The SMILES string of the molecule is O=C(O)C(c1c[nH]c2ccccc12)N1C[C@H](CN2CCC(O)(CCCc3ccccc3)CC2)[C@@H](c2ccccc2)C1. The van der Waals surface area contributed by atoms with Gasteiger partial charge in [-0.25, -0.2) is 0 Å². The van der Waals surface area contributed by atoms with Gasteiger partial charge in [0.2, 0.25) is 0 Å². The lowest BCUT2D eigenvalue weighted by Crippen LogP contribution is -2.46. The number of aliphatic carboxylic acids is 1. The zero-order valence-corrected chi connectivity index (χ0v) is 23.7. The third kappa shape index (κ3) is 6.25. The van der Waals surface area contributed by atoms with Crippen LogP contribution in [-0.2, 0) is 11.2 Å². The van der Waals surface area contributed by atoms with Gasteiger partial charge in [0.05, 0.1) is 5.60 Å². The summed E-state index contributed by atoms with van der Waals surface area (Å²) in [5.74, 6) is -0.232. The molecule has 6 rings (SSSR count). The highest BCUT2D eigenvalue weighted by molar-refractivity contribution is 5.89. The van der Waals surface area contributed by atoms with Crippen LogP contribution in [0.2, 0.25) is 0 Å². The number of aromatic nitrogens is 1. The number of nitrogens with one attached hydrogen (secondary N) is 1. The molecule has 3 atom stereocenters. The average molecular weight is 552 g/mol. The maximum atomic E-state index is 12.7. The second-order valence-electron chi connectivity index (χ2n) is 12.1. The van der Waals surface area contributed by atoms with Crippen LogP contribution in [0.1, 0.15) is 54.3 Å². The summed E-state index contributed by atoms with van der Waals surface area (Å²) in [6.45, 7) is 4.11. The molecule has 0 aliphatic carbocycles. The van der Waals surface area contributed by atoms with Crippen molar-refractivity contribution in [2.45, 2.75) is 49.7 Å². The first-order chi connectivity index (χ1) is 20.0. The number of benzene rings is 3. The van der Waals surface area contributed by atoms with Crippen molar-refractivity contribution in [1.82, 2.24) is 14.8 Å². The van der Waals surface area contributed by atoms with E-state index in [2.05, 4.69) is 63.3 Å². The molecule has 1 aromatic heterocycles. The molecule has 0 spiro atoms. The Morgan fingerprint density at radius 1 is 0.927 bits per heavy atom. The third-order valence-corrected chi connectivity index (χ3v) is 9.44. The summed E-state index contributed by atoms with van der Waals surface area (Å²) in [5.41, 5.74) is 3.82. The minimum absolute atomic E-state index is 0.259. The zero-order chi connectivity index (χ0) is 28.2. The topological polar surface area (TPSA) is 79.8 Å². The number of aromatic amines is 1. The van der Waals surface area contributed by atoms with Crippen LogP contribution in [0.3, 0.4) is 0 Å². The average Bonchev–Trinajstić information content (AvgIpc) is 3.60. The monoisotopic (exact) mass is 551 g/mol. The lowest BCUT2D eigenvalue weighted by molar-refractivity contribution is -0.143. The smallest absolute Gasteiger partial charge is 0.325 e. The first kappa shape index (κ1) is 27.7. The van der Waals surface area contributed by atoms with E-state index < -0.39 is 17.6 Å². The van der Waals surface area contributed by atoms with E-state index in [9.17, 15) is 15.0 Å². The molecule has 3 heterocycles. The number of piperidine rings is 1. The number of likely N-dealkylation sites (tertiary alicyclic amines) is 2. The van der Waals surface area contributed by atoms with Gasteiger partial charge in [-0.05, 0) is 55.2 Å². The van der Waals surface area contributed by atoms with E-state index in [4.69, 9.17) is 0 Å². The van der Waals surface area contributed by atoms with Crippen molar-refractivity contribution < 1.29 is 15.0 Å². The predicted octanol–water partition coefficient (Wildman–Crippen LogP) is 5.86. The number of H-pyrrole nitrogens is 1. The number of hydrogen-bond acceptors (Lipinski definition) is 4. The van der Waals surface area contributed by atoms with Gasteiger partial charge in [-0.3, -0.25) is 9.69 Å². The van der Waals surface area contributed by atoms with Crippen LogP contribution in [0.5, 0.6) is 0 Å². The molecule has 214 valence electrons. The molecule has 0 radical (unpaired) electrons. The fourth-order valence-electron chi connectivity index (χ4n) is 7.18. The van der Waals surface area contributed by atoms with E-state index in [0.29, 0.717) is 12.5 Å². The summed E-state index contributed by atoms with van der Waals surface area (Å²) in [4.78, 5) is 20.7. The standard InChI is InChI=1S/C35H41N3O3/c39-34(40)33(30-22-36-32-16-8-7-15-29(30)32)38-24-28(31(25-38)27-13-5-2-6-14-27)23-37-20-18-35(41,19-21-37)17-9-12-26-10-3-1-4-11-26/h1-8,10-11,13-16,22,28,31,33,36,41H,9,12,17-21,23-25H2,(H,39,40)/t28-,31+,33?/m0/s1. The molecule has 6 nitrogen and oxygen atoms in total. The van der Waals surface area contributed by atoms with Gasteiger partial charge in [0, 0.05) is 61.3 Å². The maximum Gasteiger partial charge on any atom is 0.325 e. The second kappa shape index (κ2) is 12.2. The Labute approximate surface area is 242 Å². The van der Waals surface area contributed by atoms with E-state index in [0.717, 1.165) is 74.7 Å². The van der Waals surface area contributed by atoms with Crippen molar-refractivity contribution in [3.63, 3.8) is 0 Å². The van der Waals surface area contributed by atoms with Crippen molar-refractivity contribution in [1.29, 1.82) is 0 Å². The largest absolute Gasteiger partial charge is 0.480 e. The Balaban J connectivity index is 1.13. The fourth-order valence-corrected chi connectivity index (χ4v) is 7.18. The lowest BCUT2D eigenvalue weighted by Gasteiger charge is -2.40. The maximum absolute atomic E-state index is 12.7. The highest BCUT2D eigenvalue weighted by atomic mass is 16.4. The number of carbonyl (C=O) groups is 1. The Morgan fingerprint density at radius 2 is 1.61 bits per heavy atom. The summed E-state index contributed by atoms with van der Waals surface area (Å²) >= 11 is 0. The predicted molar refractivity (Wildman–Crippen MR) is 163 cm³/mol. The molecular weight excluding hydrogens is 510 g/mol. The summed E-state index contributed by atoms with van der Waals surface area (Å²) in [5, 5.41) is 22.7. The van der Waals surface area contributed by atoms with E-state index in [1.165, 1.54) is 11.1 Å². The number of carboxylic acid groups (broad SMARTS) is 1. The minimum atomic E-state index is -0.805. The van der Waals surface area contributed by atoms with Crippen LogP contribution in [0.15, 0.2) is 91.1 Å². The molecule has 3 N–H and O–H groups in total. The van der Waals surface area contributed by atoms with Crippen LogP contribution in [0, 0.1) is 5.92 Å². The number of aliphatic hydroxyl groups is 1. The summed E-state index contributed by atoms with van der Waals surface area (Å²) in [7, 11) is 0. The molecule has 2 saturated heterocycles. The van der Waals surface area contributed by atoms with E-state index in [1.807, 2.05) is 42.6 Å². The summed E-state index contributed by atoms with van der Waals surface area (Å²) < 4.78 is 0. The number of hydrogen-bond donors (Lipinski definition) is 3. The van der Waals surface area contributed by atoms with Crippen LogP contribution in [0.4, 0.5) is 0 Å². The normalized spacial score (nSPS) is 22.2. The molecule has 6 heteroatoms. The quantitative estimate of drug-likeness (QED) is 0.230. The molecule has 2 fully saturated rings. The molecule has 41 heavy (non-hydrogen) atoms. The van der Waals surface area contributed by atoms with Crippen LogP contribution < -0.4 is 0 Å². The van der Waals surface area contributed by atoms with Crippen LogP contribution in [-0.4, -0.2) is 69.3 Å². The van der Waals surface area contributed by atoms with Gasteiger partial charge in [0.15, 0.2) is 0 Å². The summed E-state index contributed by atoms with van der Waals surface area (Å²) in [6.07, 6.45) is 6.30. The van der Waals surface area contributed by atoms with Crippen molar-refractivity contribution in [3.05, 3.63) is 108 Å². The second-order valence-corrected chi connectivity index (χ2v) is 12.1. The molecule has 3 aromatic carbocycles. The van der Waals surface area contributed by atoms with Gasteiger partial charge in [0.25, 0.3) is 0 Å². The molecule has 0 bridgehead atoms. The number of rotatable bonds is 10. The van der Waals surface area contributed by atoms with Gasteiger partial charge in [-0.15, -0.1) is 0 Å². The lowest BCUT2D eigenvalue weighted by atomic mass is 9.84. The van der Waals surface area contributed by atoms with Gasteiger partial charge in [-0.1, -0.05) is 78.9 Å². The molecule has 0 saturated carbocycles. The number of aryl methyl sites for hydroxylation is 1. The number of para-hydroxylation sites is 1. The Morgan fingerprint density at radius 3 is 2.34 bits per heavy atom. The molecule has 0 amide bonds. The first-order valence-electron chi connectivity index (χ1n) is 15.1. The molecule has 2 aliphatic heterocycles. The van der Waals surface area contributed by atoms with Crippen molar-refractivity contribution in [2.75, 3.05) is 32.7 Å². The van der Waals surface area contributed by atoms with Crippen molar-refractivity contribution >= 4 is 16.9 Å².